The summed E-state index contributed by atoms with van der Waals surface area (Å²) >= 11 is 3.57. The fraction of sp³-hybridized carbons (Fsp3) is 0. The average Bonchev–Trinajstić information content (AvgIpc) is 3.70. The Morgan fingerprint density at radius 1 is 0.488 bits per heavy atom. The summed E-state index contributed by atoms with van der Waals surface area (Å²) in [5.41, 5.74) is 6.65. The molecule has 3 heterocycles. The van der Waals surface area contributed by atoms with Gasteiger partial charge in [-0.25, -0.2) is 0 Å². The number of para-hydroxylation sites is 2. The molecule has 9 rings (SSSR count). The highest BCUT2D eigenvalue weighted by Crippen LogP contribution is 2.48. The van der Waals surface area contributed by atoms with Crippen molar-refractivity contribution in [2.75, 3.05) is 0 Å². The maximum atomic E-state index is 10.2. The van der Waals surface area contributed by atoms with Gasteiger partial charge in [-0.3, -0.25) is 0 Å². The number of benzene rings is 6. The molecule has 41 heavy (non-hydrogen) atoms. The lowest BCUT2D eigenvalue weighted by molar-refractivity contribution is 1.20. The summed E-state index contributed by atoms with van der Waals surface area (Å²) in [7, 11) is 0. The van der Waals surface area contributed by atoms with Crippen molar-refractivity contribution in [3.05, 3.63) is 127 Å². The van der Waals surface area contributed by atoms with Crippen molar-refractivity contribution in [3.8, 4) is 22.9 Å². The molecule has 0 aliphatic heterocycles. The molecule has 0 radical (unpaired) electrons. The van der Waals surface area contributed by atoms with Gasteiger partial charge in [0.25, 0.3) is 0 Å². The Morgan fingerprint density at radius 3 is 1.90 bits per heavy atom. The molecule has 0 atom stereocenters. The number of fused-ring (bicyclic) bond motifs is 9. The fourth-order valence-electron chi connectivity index (χ4n) is 6.56. The van der Waals surface area contributed by atoms with Gasteiger partial charge in [-0.1, -0.05) is 84.9 Å². The van der Waals surface area contributed by atoms with Crippen LogP contribution in [0.5, 0.6) is 0 Å². The largest absolute Gasteiger partial charge is 0.308 e. The standard InChI is InChI=1S/C37H20N2S2/c38-21-22-19-20-26(25-12-8-18-33-34(25)27-11-3-6-17-32(27)40-33)35-28-13-7-16-31(37(28)41-36(22)35)39-29-14-4-1-9-23(29)24-10-2-5-15-30(24)39/h1-20H. The van der Waals surface area contributed by atoms with Gasteiger partial charge in [0.1, 0.15) is 6.07 Å². The molecule has 0 N–H and O–H groups in total. The third kappa shape index (κ3) is 3.10. The van der Waals surface area contributed by atoms with Crippen LogP contribution in [0.3, 0.4) is 0 Å². The molecule has 0 aliphatic rings. The van der Waals surface area contributed by atoms with Crippen LogP contribution in [0.15, 0.2) is 121 Å². The van der Waals surface area contributed by atoms with Crippen LogP contribution < -0.4 is 0 Å². The lowest BCUT2D eigenvalue weighted by atomic mass is 9.94. The fourth-order valence-corrected chi connectivity index (χ4v) is 8.98. The van der Waals surface area contributed by atoms with Crippen molar-refractivity contribution in [1.82, 2.24) is 4.57 Å². The smallest absolute Gasteiger partial charge is 0.101 e. The van der Waals surface area contributed by atoms with Crippen LogP contribution in [0.1, 0.15) is 5.56 Å². The van der Waals surface area contributed by atoms with Gasteiger partial charge in [-0.15, -0.1) is 22.7 Å². The van der Waals surface area contributed by atoms with Crippen LogP contribution in [0.25, 0.3) is 79.0 Å². The van der Waals surface area contributed by atoms with E-state index in [0.717, 1.165) is 21.3 Å². The molecule has 2 nitrogen and oxygen atoms in total. The number of nitrogens with zero attached hydrogens (tertiary/aromatic N) is 2. The molecule has 9 aromatic rings. The molecule has 0 spiro atoms. The van der Waals surface area contributed by atoms with Crippen molar-refractivity contribution >= 4 is 84.8 Å². The van der Waals surface area contributed by atoms with Gasteiger partial charge in [0, 0.05) is 41.7 Å². The lowest BCUT2D eigenvalue weighted by Crippen LogP contribution is -1.93. The Labute approximate surface area is 243 Å². The maximum Gasteiger partial charge on any atom is 0.101 e. The van der Waals surface area contributed by atoms with E-state index < -0.39 is 0 Å². The highest BCUT2D eigenvalue weighted by molar-refractivity contribution is 7.27. The highest BCUT2D eigenvalue weighted by Gasteiger charge is 2.21. The normalized spacial score (nSPS) is 11.9. The summed E-state index contributed by atoms with van der Waals surface area (Å²) < 4.78 is 7.21. The van der Waals surface area contributed by atoms with Crippen LogP contribution in [0.2, 0.25) is 0 Å². The number of hydrogen-bond acceptors (Lipinski definition) is 3. The van der Waals surface area contributed by atoms with E-state index >= 15 is 0 Å². The van der Waals surface area contributed by atoms with E-state index in [2.05, 4.69) is 126 Å². The predicted octanol–water partition coefficient (Wildman–Crippen LogP) is 11.1. The summed E-state index contributed by atoms with van der Waals surface area (Å²) in [6, 6.07) is 45.8. The number of aromatic nitrogens is 1. The molecule has 6 aromatic carbocycles. The second kappa shape index (κ2) is 8.52. The molecule has 0 aliphatic carbocycles. The van der Waals surface area contributed by atoms with Crippen molar-refractivity contribution in [2.24, 2.45) is 0 Å². The van der Waals surface area contributed by atoms with E-state index in [9.17, 15) is 5.26 Å². The number of rotatable bonds is 2. The van der Waals surface area contributed by atoms with Gasteiger partial charge in [0.2, 0.25) is 0 Å². The summed E-state index contributed by atoms with van der Waals surface area (Å²) in [6.07, 6.45) is 0. The summed E-state index contributed by atoms with van der Waals surface area (Å²) in [5.74, 6) is 0. The molecule has 0 amide bonds. The predicted molar refractivity (Wildman–Crippen MR) is 177 cm³/mol. The minimum absolute atomic E-state index is 0.723. The van der Waals surface area contributed by atoms with Gasteiger partial charge < -0.3 is 4.57 Å². The van der Waals surface area contributed by atoms with E-state index in [0.29, 0.717) is 0 Å². The Kier molecular flexibility index (Phi) is 4.74. The topological polar surface area (TPSA) is 28.7 Å². The molecular weight excluding hydrogens is 537 g/mol. The van der Waals surface area contributed by atoms with Crippen molar-refractivity contribution in [3.63, 3.8) is 0 Å². The van der Waals surface area contributed by atoms with Crippen LogP contribution in [-0.4, -0.2) is 4.57 Å². The Hall–Kier alpha value is -4.95. The Morgan fingerprint density at radius 2 is 1.12 bits per heavy atom. The molecule has 0 saturated heterocycles. The zero-order valence-electron chi connectivity index (χ0n) is 21.8. The minimum Gasteiger partial charge on any atom is -0.308 e. The molecule has 0 saturated carbocycles. The first kappa shape index (κ1) is 22.8. The van der Waals surface area contributed by atoms with Gasteiger partial charge in [-0.2, -0.15) is 5.26 Å². The molecule has 0 fully saturated rings. The first-order chi connectivity index (χ1) is 20.3. The van der Waals surface area contributed by atoms with E-state index in [-0.39, 0.29) is 0 Å². The van der Waals surface area contributed by atoms with Crippen LogP contribution in [-0.2, 0) is 0 Å². The number of nitriles is 1. The summed E-state index contributed by atoms with van der Waals surface area (Å²) in [4.78, 5) is 0. The monoisotopic (exact) mass is 556 g/mol. The lowest BCUT2D eigenvalue weighted by Gasteiger charge is -2.10. The second-order valence-corrected chi connectivity index (χ2v) is 12.5. The van der Waals surface area contributed by atoms with E-state index in [4.69, 9.17) is 0 Å². The highest BCUT2D eigenvalue weighted by atomic mass is 32.1. The maximum absolute atomic E-state index is 10.2. The van der Waals surface area contributed by atoms with Crippen LogP contribution >= 0.6 is 22.7 Å². The third-order valence-corrected chi connectivity index (χ3v) is 10.7. The van der Waals surface area contributed by atoms with Gasteiger partial charge >= 0.3 is 0 Å². The Bertz CT molecular complexity index is 2500. The first-order valence-corrected chi connectivity index (χ1v) is 15.2. The van der Waals surface area contributed by atoms with Crippen molar-refractivity contribution < 1.29 is 0 Å². The van der Waals surface area contributed by atoms with E-state index in [1.165, 1.54) is 63.2 Å². The van der Waals surface area contributed by atoms with E-state index in [1.807, 2.05) is 17.4 Å². The minimum atomic E-state index is 0.723. The Balaban J connectivity index is 1.43. The van der Waals surface area contributed by atoms with Gasteiger partial charge in [-0.05, 0) is 47.5 Å². The van der Waals surface area contributed by atoms with Crippen molar-refractivity contribution in [1.29, 1.82) is 5.26 Å². The van der Waals surface area contributed by atoms with Gasteiger partial charge in [0.05, 0.1) is 31.7 Å². The zero-order valence-corrected chi connectivity index (χ0v) is 23.4. The quantitative estimate of drug-likeness (QED) is 0.208. The first-order valence-electron chi connectivity index (χ1n) is 13.6. The molecule has 0 unspecified atom stereocenters. The molecule has 190 valence electrons. The molecule has 4 heteroatoms. The van der Waals surface area contributed by atoms with Gasteiger partial charge in [0.15, 0.2) is 0 Å². The van der Waals surface area contributed by atoms with Crippen LogP contribution in [0, 0.1) is 11.3 Å². The van der Waals surface area contributed by atoms with Crippen molar-refractivity contribution in [2.45, 2.75) is 0 Å². The molecule has 0 bridgehead atoms. The molecule has 3 aromatic heterocycles. The van der Waals surface area contributed by atoms with E-state index in [1.54, 1.807) is 11.3 Å². The van der Waals surface area contributed by atoms with Crippen LogP contribution in [0.4, 0.5) is 0 Å². The third-order valence-electron chi connectivity index (χ3n) is 8.26. The average molecular weight is 557 g/mol. The SMILES string of the molecule is N#Cc1ccc(-c2cccc3sc4ccccc4c23)c2c1sc1c(-n3c4ccccc4c4ccccc43)cccc12. The summed E-state index contributed by atoms with van der Waals surface area (Å²) in [6.45, 7) is 0. The number of hydrogen-bond donors (Lipinski definition) is 0. The second-order valence-electron chi connectivity index (χ2n) is 10.4. The summed E-state index contributed by atoms with van der Waals surface area (Å²) in [5, 5.41) is 17.6. The molecular formula is C37H20N2S2. The number of thiophene rings is 2. The zero-order chi connectivity index (χ0) is 27.1.